The number of aliphatic carboxylic acids is 1. The van der Waals surface area contributed by atoms with Crippen molar-refractivity contribution in [3.63, 3.8) is 0 Å². The molecule has 9 heteroatoms. The molecule has 0 spiro atoms. The summed E-state index contributed by atoms with van der Waals surface area (Å²) < 4.78 is 0.312. The summed E-state index contributed by atoms with van der Waals surface area (Å²) in [5.41, 5.74) is 0.966. The molecule has 0 saturated heterocycles. The van der Waals surface area contributed by atoms with Crippen LogP contribution in [0, 0.1) is 0 Å². The number of amides is 1. The van der Waals surface area contributed by atoms with Crippen molar-refractivity contribution in [1.29, 1.82) is 0 Å². The summed E-state index contributed by atoms with van der Waals surface area (Å²) >= 11 is 19.2. The van der Waals surface area contributed by atoms with E-state index in [4.69, 9.17) is 34.8 Å². The molecule has 3 rings (SSSR count). The summed E-state index contributed by atoms with van der Waals surface area (Å²) in [6.45, 7) is 0.0337. The van der Waals surface area contributed by atoms with Crippen LogP contribution in [-0.4, -0.2) is 32.9 Å². The zero-order valence-electron chi connectivity index (χ0n) is 14.9. The monoisotopic (exact) mass is 468 g/mol. The van der Waals surface area contributed by atoms with Gasteiger partial charge in [0, 0.05) is 22.5 Å². The van der Waals surface area contributed by atoms with Gasteiger partial charge < -0.3 is 10.0 Å². The first kappa shape index (κ1) is 21.6. The molecule has 0 saturated carbocycles. The number of rotatable bonds is 7. The maximum absolute atomic E-state index is 13.3. The van der Waals surface area contributed by atoms with Crippen molar-refractivity contribution in [1.82, 2.24) is 9.88 Å². The van der Waals surface area contributed by atoms with E-state index in [0.717, 1.165) is 5.56 Å². The number of hydrogen-bond donors (Lipinski definition) is 1. The molecule has 1 aromatic heterocycles. The minimum atomic E-state index is -1.12. The molecule has 0 aliphatic heterocycles. The van der Waals surface area contributed by atoms with Gasteiger partial charge in [-0.1, -0.05) is 65.1 Å². The average molecular weight is 470 g/mol. The van der Waals surface area contributed by atoms with Crippen LogP contribution in [0.25, 0.3) is 0 Å². The van der Waals surface area contributed by atoms with Gasteiger partial charge in [0.15, 0.2) is 4.47 Å². The van der Waals surface area contributed by atoms with Gasteiger partial charge in [-0.2, -0.15) is 0 Å². The molecule has 1 N–H and O–H groups in total. The number of nitrogens with zero attached hydrogens (tertiary/aromatic N) is 2. The highest BCUT2D eigenvalue weighted by Gasteiger charge is 2.32. The van der Waals surface area contributed by atoms with Crippen LogP contribution < -0.4 is 0 Å². The highest BCUT2D eigenvalue weighted by molar-refractivity contribution is 7.15. The minimum Gasteiger partial charge on any atom is -0.480 e. The molecule has 0 aliphatic carbocycles. The van der Waals surface area contributed by atoms with Crippen LogP contribution in [0.15, 0.2) is 54.7 Å². The fourth-order valence-electron chi connectivity index (χ4n) is 2.83. The average Bonchev–Trinajstić information content (AvgIpc) is 3.09. The second-order valence-electron chi connectivity index (χ2n) is 6.18. The second kappa shape index (κ2) is 9.59. The largest absolute Gasteiger partial charge is 0.480 e. The Kier molecular flexibility index (Phi) is 7.14. The number of thiazole rings is 1. The second-order valence-corrected chi connectivity index (χ2v) is 8.72. The number of carbonyl (C=O) groups excluding carboxylic acids is 1. The number of aromatic nitrogens is 1. The zero-order valence-corrected chi connectivity index (χ0v) is 18.0. The molecule has 0 fully saturated rings. The molecule has 0 bridgehead atoms. The summed E-state index contributed by atoms with van der Waals surface area (Å²) in [5, 5.41) is 10.4. The maximum atomic E-state index is 13.3. The van der Waals surface area contributed by atoms with Gasteiger partial charge in [0.2, 0.25) is 0 Å². The third-order valence-electron chi connectivity index (χ3n) is 4.21. The molecule has 2 aromatic carbocycles. The molecule has 5 nitrogen and oxygen atoms in total. The Morgan fingerprint density at radius 2 is 1.83 bits per heavy atom. The van der Waals surface area contributed by atoms with Crippen LogP contribution in [0.2, 0.25) is 14.5 Å². The van der Waals surface area contributed by atoms with Gasteiger partial charge in [0.05, 0.1) is 17.1 Å². The molecule has 3 aromatic rings. The summed E-state index contributed by atoms with van der Waals surface area (Å²) in [6.07, 6.45) is 1.66. The Labute approximate surface area is 186 Å². The number of carboxylic acid groups (broad SMARTS) is 1. The van der Waals surface area contributed by atoms with Crippen LogP contribution >= 0.6 is 46.1 Å². The van der Waals surface area contributed by atoms with Crippen LogP contribution in [0.5, 0.6) is 0 Å². The van der Waals surface area contributed by atoms with Crippen molar-refractivity contribution in [2.75, 3.05) is 0 Å². The number of benzene rings is 2. The van der Waals surface area contributed by atoms with E-state index in [9.17, 15) is 14.7 Å². The van der Waals surface area contributed by atoms with E-state index in [0.29, 0.717) is 14.4 Å². The molecule has 0 aliphatic rings. The Hall–Kier alpha value is -2.12. The summed E-state index contributed by atoms with van der Waals surface area (Å²) in [7, 11) is 0. The fourth-order valence-corrected chi connectivity index (χ4v) is 4.30. The lowest BCUT2D eigenvalue weighted by atomic mass is 10.0. The van der Waals surface area contributed by atoms with Gasteiger partial charge >= 0.3 is 5.97 Å². The van der Waals surface area contributed by atoms with E-state index >= 15 is 0 Å². The molecule has 1 amide bonds. The predicted molar refractivity (Wildman–Crippen MR) is 115 cm³/mol. The van der Waals surface area contributed by atoms with E-state index in [1.54, 1.807) is 0 Å². The van der Waals surface area contributed by atoms with Crippen LogP contribution in [-0.2, 0) is 17.8 Å². The van der Waals surface area contributed by atoms with Gasteiger partial charge in [0.25, 0.3) is 5.91 Å². The summed E-state index contributed by atoms with van der Waals surface area (Å²) in [4.78, 5) is 31.3. The highest BCUT2D eigenvalue weighted by Crippen LogP contribution is 2.27. The van der Waals surface area contributed by atoms with Gasteiger partial charge in [-0.15, -0.1) is 11.3 Å². The van der Waals surface area contributed by atoms with E-state index in [1.807, 2.05) is 30.3 Å². The lowest BCUT2D eigenvalue weighted by Crippen LogP contribution is -2.46. The number of carboxylic acids is 1. The number of halogens is 3. The molecular formula is C20H15Cl3N2O3S. The standard InChI is InChI=1S/C20H15Cl3N2O3S/c21-13-6-7-15(16(22)9-13)18(26)25(11-14-10-24-20(23)29-14)17(19(27)28)8-12-4-2-1-3-5-12/h1-7,9-10,17H,8,11H2,(H,27,28). The molecule has 29 heavy (non-hydrogen) atoms. The van der Waals surface area contributed by atoms with E-state index in [-0.39, 0.29) is 23.6 Å². The van der Waals surface area contributed by atoms with Gasteiger partial charge in [-0.25, -0.2) is 9.78 Å². The van der Waals surface area contributed by atoms with Crippen molar-refractivity contribution < 1.29 is 14.7 Å². The van der Waals surface area contributed by atoms with E-state index in [2.05, 4.69) is 4.98 Å². The van der Waals surface area contributed by atoms with Crippen molar-refractivity contribution >= 4 is 58.0 Å². The molecule has 1 unspecified atom stereocenters. The smallest absolute Gasteiger partial charge is 0.326 e. The van der Waals surface area contributed by atoms with Gasteiger partial charge in [-0.3, -0.25) is 4.79 Å². The van der Waals surface area contributed by atoms with Crippen molar-refractivity contribution in [3.05, 3.63) is 85.2 Å². The number of carbonyl (C=O) groups is 2. The zero-order chi connectivity index (χ0) is 21.0. The SMILES string of the molecule is O=C(O)C(Cc1ccccc1)N(Cc1cnc(Cl)s1)C(=O)c1ccc(Cl)cc1Cl. The van der Waals surface area contributed by atoms with E-state index in [1.165, 1.54) is 40.6 Å². The van der Waals surface area contributed by atoms with Crippen LogP contribution in [0.1, 0.15) is 20.8 Å². The first-order valence-corrected chi connectivity index (χ1v) is 10.4. The minimum absolute atomic E-state index is 0.0337. The first-order chi connectivity index (χ1) is 13.8. The Bertz CT molecular complexity index is 1030. The molecule has 150 valence electrons. The third kappa shape index (κ3) is 5.48. The topological polar surface area (TPSA) is 70.5 Å². The highest BCUT2D eigenvalue weighted by atomic mass is 35.5. The Balaban J connectivity index is 2.00. The molecule has 1 atom stereocenters. The van der Waals surface area contributed by atoms with Crippen molar-refractivity contribution in [2.24, 2.45) is 0 Å². The van der Waals surface area contributed by atoms with Gasteiger partial charge in [-0.05, 0) is 23.8 Å². The van der Waals surface area contributed by atoms with Crippen molar-refractivity contribution in [2.45, 2.75) is 19.0 Å². The van der Waals surface area contributed by atoms with Gasteiger partial charge in [0.1, 0.15) is 6.04 Å². The lowest BCUT2D eigenvalue weighted by Gasteiger charge is -2.29. The van der Waals surface area contributed by atoms with Crippen LogP contribution in [0.4, 0.5) is 0 Å². The first-order valence-electron chi connectivity index (χ1n) is 8.48. The molecule has 0 radical (unpaired) electrons. The van der Waals surface area contributed by atoms with E-state index < -0.39 is 17.9 Å². The fraction of sp³-hybridized carbons (Fsp3) is 0.150. The third-order valence-corrected chi connectivity index (χ3v) is 5.85. The Morgan fingerprint density at radius 3 is 2.41 bits per heavy atom. The maximum Gasteiger partial charge on any atom is 0.326 e. The summed E-state index contributed by atoms with van der Waals surface area (Å²) in [5.74, 6) is -1.64. The van der Waals surface area contributed by atoms with Crippen molar-refractivity contribution in [3.8, 4) is 0 Å². The quantitative estimate of drug-likeness (QED) is 0.500. The Morgan fingerprint density at radius 1 is 1.10 bits per heavy atom. The molecule has 1 heterocycles. The normalized spacial score (nSPS) is 11.8. The van der Waals surface area contributed by atoms with Crippen LogP contribution in [0.3, 0.4) is 0 Å². The predicted octanol–water partition coefficient (Wildman–Crippen LogP) is 5.44. The molecular weight excluding hydrogens is 455 g/mol. The number of hydrogen-bond acceptors (Lipinski definition) is 4. The lowest BCUT2D eigenvalue weighted by molar-refractivity contribution is -0.142. The summed E-state index contributed by atoms with van der Waals surface area (Å²) in [6, 6.07) is 12.5.